The van der Waals surface area contributed by atoms with E-state index in [1.54, 1.807) is 0 Å². The lowest BCUT2D eigenvalue weighted by atomic mass is 10.0. The summed E-state index contributed by atoms with van der Waals surface area (Å²) in [5.74, 6) is -2.53. The zero-order chi connectivity index (χ0) is 15.0. The fourth-order valence-electron chi connectivity index (χ4n) is 1.52. The van der Waals surface area contributed by atoms with Gasteiger partial charge in [0, 0.05) is 12.1 Å². The van der Waals surface area contributed by atoms with Gasteiger partial charge >= 0.3 is 11.9 Å². The molecule has 0 amide bonds. The first kappa shape index (κ1) is 17.7. The highest BCUT2D eigenvalue weighted by Crippen LogP contribution is 2.07. The maximum absolute atomic E-state index is 10.6. The van der Waals surface area contributed by atoms with Crippen LogP contribution in [-0.2, 0) is 9.59 Å². The zero-order valence-electron chi connectivity index (χ0n) is 10.1. The van der Waals surface area contributed by atoms with E-state index >= 15 is 0 Å². The number of carbonyl (C=O) groups is 2. The molecule has 0 radical (unpaired) electrons. The van der Waals surface area contributed by atoms with Crippen molar-refractivity contribution in [1.29, 1.82) is 0 Å². The van der Waals surface area contributed by atoms with E-state index in [2.05, 4.69) is 5.32 Å². The van der Waals surface area contributed by atoms with Crippen molar-refractivity contribution in [1.82, 2.24) is 5.32 Å². The maximum atomic E-state index is 10.6. The van der Waals surface area contributed by atoms with Gasteiger partial charge in [0.15, 0.2) is 0 Å². The van der Waals surface area contributed by atoms with Crippen molar-refractivity contribution >= 4 is 11.9 Å². The molecule has 4 unspecified atom stereocenters. The fourth-order valence-corrected chi connectivity index (χ4v) is 1.52. The molecule has 19 heavy (non-hydrogen) atoms. The summed E-state index contributed by atoms with van der Waals surface area (Å²) in [6.07, 6.45) is -4.01. The number of carboxylic acids is 2. The number of aliphatic hydroxyl groups is 4. The highest BCUT2D eigenvalue weighted by atomic mass is 16.4. The lowest BCUT2D eigenvalue weighted by molar-refractivity contribution is -0.139. The predicted octanol–water partition coefficient (Wildman–Crippen LogP) is -3.03. The highest BCUT2D eigenvalue weighted by molar-refractivity contribution is 5.68. The van der Waals surface area contributed by atoms with Gasteiger partial charge in [0.1, 0.15) is 0 Å². The van der Waals surface area contributed by atoms with Gasteiger partial charge in [0.25, 0.3) is 0 Å². The van der Waals surface area contributed by atoms with Crippen LogP contribution in [0.25, 0.3) is 0 Å². The van der Waals surface area contributed by atoms with Gasteiger partial charge in [-0.3, -0.25) is 9.59 Å². The van der Waals surface area contributed by atoms with Crippen LogP contribution in [0.1, 0.15) is 12.8 Å². The van der Waals surface area contributed by atoms with Crippen LogP contribution < -0.4 is 5.32 Å². The zero-order valence-corrected chi connectivity index (χ0v) is 10.1. The molecule has 7 N–H and O–H groups in total. The third-order valence-electron chi connectivity index (χ3n) is 2.52. The molecule has 0 spiro atoms. The second kappa shape index (κ2) is 8.77. The third kappa shape index (κ3) is 7.03. The van der Waals surface area contributed by atoms with Gasteiger partial charge in [-0.15, -0.1) is 0 Å². The normalized spacial score (nSPS) is 17.5. The molecule has 0 bridgehead atoms. The Balaban J connectivity index is 4.79. The van der Waals surface area contributed by atoms with Crippen molar-refractivity contribution in [2.45, 2.75) is 37.1 Å². The Morgan fingerprint density at radius 3 is 1.37 bits per heavy atom. The van der Waals surface area contributed by atoms with Crippen molar-refractivity contribution in [2.75, 3.05) is 13.2 Å². The van der Waals surface area contributed by atoms with E-state index in [0.717, 1.165) is 0 Å². The summed E-state index contributed by atoms with van der Waals surface area (Å²) >= 11 is 0. The summed E-state index contributed by atoms with van der Waals surface area (Å²) in [6.45, 7) is -1.44. The quantitative estimate of drug-likeness (QED) is 0.220. The highest BCUT2D eigenvalue weighted by Gasteiger charge is 2.29. The van der Waals surface area contributed by atoms with Crippen molar-refractivity contribution < 1.29 is 40.2 Å². The average molecular weight is 281 g/mol. The number of rotatable bonds is 10. The SMILES string of the molecule is O=C(O)CC(NC(CC(=O)O)C(O)CO)C(O)CO. The molecule has 0 aliphatic rings. The van der Waals surface area contributed by atoms with Crippen LogP contribution in [0, 0.1) is 0 Å². The van der Waals surface area contributed by atoms with Crippen molar-refractivity contribution in [3.05, 3.63) is 0 Å². The molecule has 0 heterocycles. The second-order valence-corrected chi connectivity index (χ2v) is 4.08. The standard InChI is InChI=1S/C10H19NO8/c12-3-7(14)5(1-9(16)17)11-6(2-10(18)19)8(15)4-13/h5-8,11-15H,1-4H2,(H,16,17)(H,18,19). The minimum Gasteiger partial charge on any atom is -0.481 e. The molecule has 0 aromatic heterocycles. The smallest absolute Gasteiger partial charge is 0.305 e. The summed E-state index contributed by atoms with van der Waals surface area (Å²) in [7, 11) is 0. The van der Waals surface area contributed by atoms with Crippen LogP contribution in [-0.4, -0.2) is 80.1 Å². The first-order chi connectivity index (χ1) is 8.81. The Kier molecular flexibility index (Phi) is 8.19. The van der Waals surface area contributed by atoms with Gasteiger partial charge in [-0.1, -0.05) is 0 Å². The van der Waals surface area contributed by atoms with E-state index in [9.17, 15) is 19.8 Å². The van der Waals surface area contributed by atoms with Gasteiger partial charge in [0.2, 0.25) is 0 Å². The fraction of sp³-hybridized carbons (Fsp3) is 0.800. The number of carboxylic acid groups (broad SMARTS) is 2. The van der Waals surface area contributed by atoms with Crippen LogP contribution >= 0.6 is 0 Å². The summed E-state index contributed by atoms with van der Waals surface area (Å²) < 4.78 is 0. The molecule has 4 atom stereocenters. The molecule has 0 aromatic carbocycles. The van der Waals surface area contributed by atoms with Crippen LogP contribution in [0.2, 0.25) is 0 Å². The first-order valence-corrected chi connectivity index (χ1v) is 5.59. The minimum atomic E-state index is -1.43. The number of hydrogen-bond donors (Lipinski definition) is 7. The Morgan fingerprint density at radius 2 is 1.16 bits per heavy atom. The maximum Gasteiger partial charge on any atom is 0.305 e. The molecule has 0 aliphatic carbocycles. The molecule has 0 saturated carbocycles. The predicted molar refractivity (Wildman–Crippen MR) is 61.4 cm³/mol. The molecule has 0 rings (SSSR count). The lowest BCUT2D eigenvalue weighted by Crippen LogP contribution is -2.53. The van der Waals surface area contributed by atoms with Gasteiger partial charge in [-0.25, -0.2) is 0 Å². The summed E-state index contributed by atoms with van der Waals surface area (Å²) in [4.78, 5) is 21.2. The van der Waals surface area contributed by atoms with Crippen molar-refractivity contribution in [3.63, 3.8) is 0 Å². The lowest BCUT2D eigenvalue weighted by Gasteiger charge is -2.29. The largest absolute Gasteiger partial charge is 0.481 e. The van der Waals surface area contributed by atoms with E-state index in [1.165, 1.54) is 0 Å². The first-order valence-electron chi connectivity index (χ1n) is 5.59. The topological polar surface area (TPSA) is 168 Å². The number of nitrogens with one attached hydrogen (secondary N) is 1. The Bertz CT molecular complexity index is 269. The van der Waals surface area contributed by atoms with Crippen LogP contribution in [0.5, 0.6) is 0 Å². The Labute approximate surface area is 109 Å². The van der Waals surface area contributed by atoms with Gasteiger partial charge in [0.05, 0.1) is 38.3 Å². The minimum absolute atomic E-state index is 0.573. The molecule has 0 fully saturated rings. The van der Waals surface area contributed by atoms with Crippen molar-refractivity contribution in [2.24, 2.45) is 0 Å². The van der Waals surface area contributed by atoms with Gasteiger partial charge < -0.3 is 36.0 Å². The molecule has 0 aliphatic heterocycles. The van der Waals surface area contributed by atoms with Crippen LogP contribution in [0.4, 0.5) is 0 Å². The van der Waals surface area contributed by atoms with Gasteiger partial charge in [-0.2, -0.15) is 0 Å². The van der Waals surface area contributed by atoms with Crippen LogP contribution in [0.15, 0.2) is 0 Å². The van der Waals surface area contributed by atoms with E-state index in [-0.39, 0.29) is 0 Å². The number of aliphatic hydroxyl groups excluding tert-OH is 4. The van der Waals surface area contributed by atoms with Crippen LogP contribution in [0.3, 0.4) is 0 Å². The van der Waals surface area contributed by atoms with E-state index in [4.69, 9.17) is 20.4 Å². The van der Waals surface area contributed by atoms with Crippen molar-refractivity contribution in [3.8, 4) is 0 Å². The second-order valence-electron chi connectivity index (χ2n) is 4.08. The number of aliphatic carboxylic acids is 2. The number of hydrogen-bond acceptors (Lipinski definition) is 7. The average Bonchev–Trinajstić information content (AvgIpc) is 2.33. The Hall–Kier alpha value is -1.26. The molecule has 0 saturated heterocycles. The molecule has 9 heteroatoms. The monoisotopic (exact) mass is 281 g/mol. The summed E-state index contributed by atoms with van der Waals surface area (Å²) in [6, 6.07) is -2.29. The van der Waals surface area contributed by atoms with E-state index < -0.39 is 62.3 Å². The van der Waals surface area contributed by atoms with Gasteiger partial charge in [-0.05, 0) is 0 Å². The molecule has 112 valence electrons. The molecule has 0 aromatic rings. The molecular weight excluding hydrogens is 262 g/mol. The third-order valence-corrected chi connectivity index (χ3v) is 2.52. The molecular formula is C10H19NO8. The molecule has 9 nitrogen and oxygen atoms in total. The summed E-state index contributed by atoms with van der Waals surface area (Å²) in [5.41, 5.74) is 0. The van der Waals surface area contributed by atoms with E-state index in [1.807, 2.05) is 0 Å². The van der Waals surface area contributed by atoms with E-state index in [0.29, 0.717) is 0 Å². The summed E-state index contributed by atoms with van der Waals surface area (Å²) in [5, 5.41) is 56.2. The Morgan fingerprint density at radius 1 is 0.842 bits per heavy atom.